The van der Waals surface area contributed by atoms with E-state index in [2.05, 4.69) is 36.5 Å². The van der Waals surface area contributed by atoms with Crippen molar-refractivity contribution in [2.24, 2.45) is 5.10 Å². The first-order chi connectivity index (χ1) is 14.1. The molecule has 29 heavy (non-hydrogen) atoms. The van der Waals surface area contributed by atoms with E-state index in [4.69, 9.17) is 17.3 Å². The number of thiocarbonyl (C=S) groups is 1. The highest BCUT2D eigenvalue weighted by Gasteiger charge is 2.32. The second-order valence-corrected chi connectivity index (χ2v) is 7.53. The molecule has 0 fully saturated rings. The molecule has 5 heteroatoms. The molecule has 0 amide bonds. The van der Waals surface area contributed by atoms with Crippen molar-refractivity contribution in [1.29, 1.82) is 0 Å². The molecule has 3 aromatic carbocycles. The van der Waals surface area contributed by atoms with Gasteiger partial charge in [0.15, 0.2) is 5.11 Å². The van der Waals surface area contributed by atoms with Gasteiger partial charge >= 0.3 is 0 Å². The van der Waals surface area contributed by atoms with Gasteiger partial charge in [0.25, 0.3) is 0 Å². The van der Waals surface area contributed by atoms with Crippen LogP contribution in [-0.2, 0) is 6.54 Å². The Morgan fingerprint density at radius 3 is 2.45 bits per heavy atom. The Bertz CT molecular complexity index is 1030. The molecule has 0 unspecified atom stereocenters. The summed E-state index contributed by atoms with van der Waals surface area (Å²) in [5.41, 5.74) is 4.85. The minimum Gasteiger partial charge on any atom is -0.357 e. The lowest BCUT2D eigenvalue weighted by Gasteiger charge is -2.25. The molecule has 1 aliphatic rings. The lowest BCUT2D eigenvalue weighted by molar-refractivity contribution is 0.353. The van der Waals surface area contributed by atoms with E-state index in [0.29, 0.717) is 23.6 Å². The molecular weight excluding hydrogens is 381 g/mol. The van der Waals surface area contributed by atoms with E-state index >= 15 is 0 Å². The lowest BCUT2D eigenvalue weighted by atomic mass is 9.98. The SMILES string of the molecule is Cc1ccc(C2=NN(C(=S)NCc3ccccc3)[C@@H](c3ccccc3F)C2)cc1. The molecule has 1 aliphatic heterocycles. The summed E-state index contributed by atoms with van der Waals surface area (Å²) in [6.45, 7) is 2.65. The molecule has 3 nitrogen and oxygen atoms in total. The molecule has 4 rings (SSSR count). The maximum atomic E-state index is 14.6. The normalized spacial score (nSPS) is 15.9. The van der Waals surface area contributed by atoms with Gasteiger partial charge in [0.2, 0.25) is 0 Å². The lowest BCUT2D eigenvalue weighted by Crippen LogP contribution is -2.36. The number of hydrogen-bond donors (Lipinski definition) is 1. The molecule has 0 spiro atoms. The van der Waals surface area contributed by atoms with Gasteiger partial charge in [-0.15, -0.1) is 0 Å². The van der Waals surface area contributed by atoms with Gasteiger partial charge in [-0.2, -0.15) is 5.10 Å². The molecule has 0 aliphatic carbocycles. The van der Waals surface area contributed by atoms with E-state index in [1.807, 2.05) is 36.4 Å². The highest BCUT2D eigenvalue weighted by Crippen LogP contribution is 2.34. The molecule has 0 saturated heterocycles. The van der Waals surface area contributed by atoms with Crippen LogP contribution in [0.5, 0.6) is 0 Å². The number of halogens is 1. The molecule has 1 atom stereocenters. The van der Waals surface area contributed by atoms with Crippen LogP contribution in [0.4, 0.5) is 4.39 Å². The summed E-state index contributed by atoms with van der Waals surface area (Å²) < 4.78 is 14.6. The Kier molecular flexibility index (Phi) is 5.67. The van der Waals surface area contributed by atoms with Crippen LogP contribution in [0.15, 0.2) is 84.0 Å². The van der Waals surface area contributed by atoms with Crippen molar-refractivity contribution >= 4 is 23.0 Å². The third-order valence-corrected chi connectivity index (χ3v) is 5.39. The molecule has 146 valence electrons. The fourth-order valence-corrected chi connectivity index (χ4v) is 3.70. The van der Waals surface area contributed by atoms with Gasteiger partial charge < -0.3 is 5.32 Å². The molecule has 1 heterocycles. The van der Waals surface area contributed by atoms with Gasteiger partial charge in [-0.05, 0) is 36.3 Å². The van der Waals surface area contributed by atoms with E-state index in [1.165, 1.54) is 11.6 Å². The molecular formula is C24H22FN3S. The number of benzene rings is 3. The zero-order valence-electron chi connectivity index (χ0n) is 16.2. The Hall–Kier alpha value is -3.05. The Morgan fingerprint density at radius 1 is 1.03 bits per heavy atom. The van der Waals surface area contributed by atoms with E-state index in [-0.39, 0.29) is 11.9 Å². The number of hydrogen-bond acceptors (Lipinski definition) is 2. The predicted octanol–water partition coefficient (Wildman–Crippen LogP) is 5.36. The van der Waals surface area contributed by atoms with Crippen molar-refractivity contribution in [2.45, 2.75) is 25.9 Å². The summed E-state index contributed by atoms with van der Waals surface area (Å²) in [6, 6.07) is 24.8. The molecule has 1 N–H and O–H groups in total. The number of hydrazone groups is 1. The second kappa shape index (κ2) is 8.53. The predicted molar refractivity (Wildman–Crippen MR) is 119 cm³/mol. The summed E-state index contributed by atoms with van der Waals surface area (Å²) in [5, 5.41) is 10.3. The standard InChI is InChI=1S/C24H22FN3S/c1-17-11-13-19(14-12-17)22-15-23(20-9-5-6-10-21(20)25)28(27-22)24(29)26-16-18-7-3-2-4-8-18/h2-14,23H,15-16H2,1H3,(H,26,29)/t23-/m1/s1. The number of nitrogens with one attached hydrogen (secondary N) is 1. The first-order valence-corrected chi connectivity index (χ1v) is 10.0. The van der Waals surface area contributed by atoms with Gasteiger partial charge in [0.1, 0.15) is 5.82 Å². The van der Waals surface area contributed by atoms with Crippen LogP contribution in [0.2, 0.25) is 0 Å². The van der Waals surface area contributed by atoms with Crippen LogP contribution in [0.3, 0.4) is 0 Å². The monoisotopic (exact) mass is 403 g/mol. The highest BCUT2D eigenvalue weighted by atomic mass is 32.1. The van der Waals surface area contributed by atoms with E-state index < -0.39 is 0 Å². The van der Waals surface area contributed by atoms with Gasteiger partial charge in [0.05, 0.1) is 11.8 Å². The van der Waals surface area contributed by atoms with Gasteiger partial charge in [-0.1, -0.05) is 78.4 Å². The summed E-state index contributed by atoms with van der Waals surface area (Å²) in [5.74, 6) is -0.242. The average molecular weight is 404 g/mol. The molecule has 0 radical (unpaired) electrons. The smallest absolute Gasteiger partial charge is 0.190 e. The molecule has 0 bridgehead atoms. The molecule has 0 saturated carbocycles. The van der Waals surface area contributed by atoms with Gasteiger partial charge in [0, 0.05) is 18.5 Å². The fraction of sp³-hybridized carbons (Fsp3) is 0.167. The van der Waals surface area contributed by atoms with Crippen LogP contribution in [0, 0.1) is 12.7 Å². The third kappa shape index (κ3) is 4.35. The summed E-state index contributed by atoms with van der Waals surface area (Å²) in [4.78, 5) is 0. The first kappa shape index (κ1) is 19.3. The summed E-state index contributed by atoms with van der Waals surface area (Å²) in [6.07, 6.45) is 0.594. The zero-order chi connectivity index (χ0) is 20.2. The summed E-state index contributed by atoms with van der Waals surface area (Å²) in [7, 11) is 0. The zero-order valence-corrected chi connectivity index (χ0v) is 17.0. The Morgan fingerprint density at radius 2 is 1.72 bits per heavy atom. The fourth-order valence-electron chi connectivity index (χ4n) is 3.46. The number of nitrogens with zero attached hydrogens (tertiary/aromatic N) is 2. The first-order valence-electron chi connectivity index (χ1n) is 9.62. The highest BCUT2D eigenvalue weighted by molar-refractivity contribution is 7.80. The van der Waals surface area contributed by atoms with Crippen molar-refractivity contribution in [3.05, 3.63) is 107 Å². The van der Waals surface area contributed by atoms with Crippen molar-refractivity contribution in [3.63, 3.8) is 0 Å². The van der Waals surface area contributed by atoms with Crippen LogP contribution < -0.4 is 5.32 Å². The second-order valence-electron chi connectivity index (χ2n) is 7.14. The van der Waals surface area contributed by atoms with Gasteiger partial charge in [-0.3, -0.25) is 0 Å². The van der Waals surface area contributed by atoms with Crippen LogP contribution in [0.1, 0.15) is 34.7 Å². The van der Waals surface area contributed by atoms with Crippen molar-refractivity contribution in [3.8, 4) is 0 Å². The largest absolute Gasteiger partial charge is 0.357 e. The summed E-state index contributed by atoms with van der Waals surface area (Å²) >= 11 is 5.64. The third-order valence-electron chi connectivity index (χ3n) is 5.05. The van der Waals surface area contributed by atoms with Gasteiger partial charge in [-0.25, -0.2) is 9.40 Å². The van der Waals surface area contributed by atoms with Crippen molar-refractivity contribution < 1.29 is 4.39 Å². The van der Waals surface area contributed by atoms with Crippen molar-refractivity contribution in [1.82, 2.24) is 10.3 Å². The minimum absolute atomic E-state index is 0.242. The van der Waals surface area contributed by atoms with Crippen molar-refractivity contribution in [2.75, 3.05) is 0 Å². The number of rotatable bonds is 4. The van der Waals surface area contributed by atoms with E-state index in [9.17, 15) is 4.39 Å². The maximum absolute atomic E-state index is 14.6. The topological polar surface area (TPSA) is 27.6 Å². The van der Waals surface area contributed by atoms with E-state index in [1.54, 1.807) is 17.1 Å². The van der Waals surface area contributed by atoms with Crippen LogP contribution in [-0.4, -0.2) is 15.8 Å². The number of aryl methyl sites for hydroxylation is 1. The molecule has 0 aromatic heterocycles. The van der Waals surface area contributed by atoms with Crippen LogP contribution in [0.25, 0.3) is 0 Å². The maximum Gasteiger partial charge on any atom is 0.190 e. The van der Waals surface area contributed by atoms with Crippen LogP contribution >= 0.6 is 12.2 Å². The minimum atomic E-state index is -0.275. The Labute approximate surface area is 175 Å². The molecule has 3 aromatic rings. The quantitative estimate of drug-likeness (QED) is 0.594. The van der Waals surface area contributed by atoms with E-state index in [0.717, 1.165) is 16.8 Å². The Balaban J connectivity index is 1.61. The average Bonchev–Trinajstić information content (AvgIpc) is 3.19.